The molecule has 0 aromatic heterocycles. The van der Waals surface area contributed by atoms with E-state index >= 15 is 0 Å². The Balaban J connectivity index is 1.95. The van der Waals surface area contributed by atoms with E-state index in [0.717, 1.165) is 33.1 Å². The van der Waals surface area contributed by atoms with Crippen LogP contribution in [-0.2, 0) is 6.42 Å². The number of hydrogen-bond acceptors (Lipinski definition) is 2. The molecule has 4 heteroatoms. The third-order valence-electron chi connectivity index (χ3n) is 3.16. The van der Waals surface area contributed by atoms with E-state index in [-0.39, 0.29) is 0 Å². The largest absolute Gasteiger partial charge is 0.313 e. The zero-order chi connectivity index (χ0) is 15.1. The fourth-order valence-corrected chi connectivity index (χ4v) is 3.70. The summed E-state index contributed by atoms with van der Waals surface area (Å²) in [7, 11) is 0. The average molecular weight is 385 g/mol. The van der Waals surface area contributed by atoms with Gasteiger partial charge in [0.25, 0.3) is 0 Å². The smallest absolute Gasteiger partial charge is 0.0541 e. The van der Waals surface area contributed by atoms with E-state index < -0.39 is 0 Å². The second-order valence-corrected chi connectivity index (χ2v) is 7.21. The van der Waals surface area contributed by atoms with Crippen molar-refractivity contribution in [3.05, 3.63) is 63.6 Å². The summed E-state index contributed by atoms with van der Waals surface area (Å²) in [6, 6.07) is 17.0. The number of halogens is 2. The Bertz CT molecular complexity index is 559. The van der Waals surface area contributed by atoms with Crippen LogP contribution in [0.4, 0.5) is 0 Å². The minimum atomic E-state index is 0.442. The molecule has 1 nitrogen and oxygen atoms in total. The number of likely N-dealkylation sites (N-methyl/N-ethyl adjacent to an activating group) is 1. The van der Waals surface area contributed by atoms with Gasteiger partial charge in [-0.15, -0.1) is 11.8 Å². The minimum Gasteiger partial charge on any atom is -0.313 e. The van der Waals surface area contributed by atoms with Gasteiger partial charge in [0.05, 0.1) is 5.02 Å². The van der Waals surface area contributed by atoms with Crippen LogP contribution >= 0.6 is 39.3 Å². The lowest BCUT2D eigenvalue weighted by Crippen LogP contribution is -2.33. The summed E-state index contributed by atoms with van der Waals surface area (Å²) in [4.78, 5) is 1.15. The minimum absolute atomic E-state index is 0.442. The summed E-state index contributed by atoms with van der Waals surface area (Å²) in [6.07, 6.45) is 1.03. The molecule has 1 atom stereocenters. The molecule has 21 heavy (non-hydrogen) atoms. The van der Waals surface area contributed by atoms with Crippen molar-refractivity contribution in [2.45, 2.75) is 24.3 Å². The van der Waals surface area contributed by atoms with Crippen LogP contribution in [0.15, 0.2) is 57.9 Å². The highest BCUT2D eigenvalue weighted by Gasteiger charge is 2.10. The average Bonchev–Trinajstić information content (AvgIpc) is 2.49. The fraction of sp³-hybridized carbons (Fsp3) is 0.294. The number of nitrogens with one attached hydrogen (secondary N) is 1. The van der Waals surface area contributed by atoms with Crippen molar-refractivity contribution >= 4 is 39.3 Å². The molecule has 2 aromatic rings. The monoisotopic (exact) mass is 383 g/mol. The van der Waals surface area contributed by atoms with Crippen molar-refractivity contribution in [3.63, 3.8) is 0 Å². The Morgan fingerprint density at radius 1 is 1.14 bits per heavy atom. The molecule has 0 radical (unpaired) electrons. The summed E-state index contributed by atoms with van der Waals surface area (Å²) >= 11 is 11.5. The van der Waals surface area contributed by atoms with Gasteiger partial charge in [-0.3, -0.25) is 0 Å². The standard InChI is InChI=1S/C17H19BrClNS/c1-2-20-15(11-13-7-9-14(18)10-8-13)12-21-17-6-4-3-5-16(17)19/h3-10,15,20H,2,11-12H2,1H3. The van der Waals surface area contributed by atoms with Crippen molar-refractivity contribution in [3.8, 4) is 0 Å². The Morgan fingerprint density at radius 2 is 1.86 bits per heavy atom. The molecule has 1 unspecified atom stereocenters. The summed E-state index contributed by atoms with van der Waals surface area (Å²) in [6.45, 7) is 3.12. The van der Waals surface area contributed by atoms with E-state index in [1.807, 2.05) is 30.0 Å². The first-order valence-corrected chi connectivity index (χ1v) is 9.20. The molecular weight excluding hydrogens is 366 g/mol. The van der Waals surface area contributed by atoms with Gasteiger partial charge in [-0.1, -0.05) is 58.7 Å². The lowest BCUT2D eigenvalue weighted by Gasteiger charge is -2.18. The van der Waals surface area contributed by atoms with Gasteiger partial charge in [0.2, 0.25) is 0 Å². The van der Waals surface area contributed by atoms with E-state index in [9.17, 15) is 0 Å². The first-order valence-electron chi connectivity index (χ1n) is 7.04. The highest BCUT2D eigenvalue weighted by atomic mass is 79.9. The Kier molecular flexibility index (Phi) is 7.11. The van der Waals surface area contributed by atoms with Crippen molar-refractivity contribution in [2.75, 3.05) is 12.3 Å². The van der Waals surface area contributed by atoms with Crippen LogP contribution < -0.4 is 5.32 Å². The van der Waals surface area contributed by atoms with Gasteiger partial charge in [-0.2, -0.15) is 0 Å². The van der Waals surface area contributed by atoms with Gasteiger partial charge in [-0.05, 0) is 42.8 Å². The quantitative estimate of drug-likeness (QED) is 0.640. The van der Waals surface area contributed by atoms with Crippen LogP contribution in [0.25, 0.3) is 0 Å². The second-order valence-electron chi connectivity index (χ2n) is 4.83. The van der Waals surface area contributed by atoms with Crippen LogP contribution in [0, 0.1) is 0 Å². The lowest BCUT2D eigenvalue weighted by atomic mass is 10.1. The highest BCUT2D eigenvalue weighted by molar-refractivity contribution is 9.10. The molecule has 2 aromatic carbocycles. The highest BCUT2D eigenvalue weighted by Crippen LogP contribution is 2.27. The molecule has 0 bridgehead atoms. The third-order valence-corrected chi connectivity index (χ3v) is 5.37. The summed E-state index contributed by atoms with van der Waals surface area (Å²) in [5, 5.41) is 4.39. The lowest BCUT2D eigenvalue weighted by molar-refractivity contribution is 0.572. The van der Waals surface area contributed by atoms with Gasteiger partial charge in [0, 0.05) is 21.2 Å². The molecule has 2 rings (SSSR count). The first kappa shape index (κ1) is 16.9. The summed E-state index contributed by atoms with van der Waals surface area (Å²) in [5.41, 5.74) is 1.35. The molecule has 0 heterocycles. The van der Waals surface area contributed by atoms with E-state index in [4.69, 9.17) is 11.6 Å². The van der Waals surface area contributed by atoms with E-state index in [0.29, 0.717) is 6.04 Å². The first-order chi connectivity index (χ1) is 10.2. The topological polar surface area (TPSA) is 12.0 Å². The molecule has 0 aliphatic rings. The molecule has 0 aliphatic heterocycles. The maximum atomic E-state index is 6.22. The third kappa shape index (κ3) is 5.67. The second kappa shape index (κ2) is 8.84. The number of rotatable bonds is 7. The van der Waals surface area contributed by atoms with Crippen molar-refractivity contribution < 1.29 is 0 Å². The number of thioether (sulfide) groups is 1. The van der Waals surface area contributed by atoms with Gasteiger partial charge >= 0.3 is 0 Å². The van der Waals surface area contributed by atoms with Crippen LogP contribution in [0.2, 0.25) is 5.02 Å². The molecule has 0 fully saturated rings. The molecule has 0 saturated carbocycles. The molecule has 0 amide bonds. The molecular formula is C17H19BrClNS. The van der Waals surface area contributed by atoms with Gasteiger partial charge in [-0.25, -0.2) is 0 Å². The fourth-order valence-electron chi connectivity index (χ4n) is 2.14. The maximum Gasteiger partial charge on any atom is 0.0541 e. The SMILES string of the molecule is CCNC(CSc1ccccc1Cl)Cc1ccc(Br)cc1. The Morgan fingerprint density at radius 3 is 2.52 bits per heavy atom. The normalized spacial score (nSPS) is 12.3. The predicted octanol–water partition coefficient (Wildman–Crippen LogP) is 5.42. The van der Waals surface area contributed by atoms with E-state index in [1.165, 1.54) is 5.56 Å². The van der Waals surface area contributed by atoms with Gasteiger partial charge < -0.3 is 5.32 Å². The molecule has 0 saturated heterocycles. The molecule has 0 spiro atoms. The van der Waals surface area contributed by atoms with Gasteiger partial charge in [0.15, 0.2) is 0 Å². The van der Waals surface area contributed by atoms with Crippen molar-refractivity contribution in [2.24, 2.45) is 0 Å². The zero-order valence-corrected chi connectivity index (χ0v) is 15.1. The van der Waals surface area contributed by atoms with Crippen LogP contribution in [0.5, 0.6) is 0 Å². The van der Waals surface area contributed by atoms with Crippen molar-refractivity contribution in [1.82, 2.24) is 5.32 Å². The zero-order valence-electron chi connectivity index (χ0n) is 12.0. The molecule has 112 valence electrons. The predicted molar refractivity (Wildman–Crippen MR) is 97.5 cm³/mol. The van der Waals surface area contributed by atoms with Crippen LogP contribution in [-0.4, -0.2) is 18.3 Å². The van der Waals surface area contributed by atoms with E-state index in [2.05, 4.69) is 58.5 Å². The summed E-state index contributed by atoms with van der Waals surface area (Å²) in [5.74, 6) is 1.01. The summed E-state index contributed by atoms with van der Waals surface area (Å²) < 4.78 is 1.12. The van der Waals surface area contributed by atoms with Gasteiger partial charge in [0.1, 0.15) is 0 Å². The maximum absolute atomic E-state index is 6.22. The van der Waals surface area contributed by atoms with Crippen molar-refractivity contribution in [1.29, 1.82) is 0 Å². The Hall–Kier alpha value is -0.480. The molecule has 0 aliphatic carbocycles. The Labute approximate surface area is 144 Å². The van der Waals surface area contributed by atoms with Crippen LogP contribution in [0.3, 0.4) is 0 Å². The number of hydrogen-bond donors (Lipinski definition) is 1. The number of benzene rings is 2. The van der Waals surface area contributed by atoms with Crippen LogP contribution in [0.1, 0.15) is 12.5 Å². The molecule has 1 N–H and O–H groups in total. The van der Waals surface area contributed by atoms with E-state index in [1.54, 1.807) is 0 Å².